The molecule has 0 spiro atoms. The Morgan fingerprint density at radius 3 is 2.48 bits per heavy atom. The number of Topliss-reactive ketones (excluding diaryl/α,β-unsaturated/α-hetero) is 1. The lowest BCUT2D eigenvalue weighted by atomic mass is 9.45. The first-order valence-corrected chi connectivity index (χ1v) is 17.9. The topological polar surface area (TPSA) is 208 Å². The van der Waals surface area contributed by atoms with Gasteiger partial charge in [0.25, 0.3) is 11.1 Å². The summed E-state index contributed by atoms with van der Waals surface area (Å²) in [4.78, 5) is 74.3. The fourth-order valence-corrected chi connectivity index (χ4v) is 9.79. The molecule has 4 aliphatic carbocycles. The predicted molar refractivity (Wildman–Crippen MR) is 184 cm³/mol. The number of fused-ring (bicyclic) bond motifs is 6. The van der Waals surface area contributed by atoms with Gasteiger partial charge in [0.2, 0.25) is 11.7 Å². The van der Waals surface area contributed by atoms with Gasteiger partial charge in [0.1, 0.15) is 5.60 Å². The average Bonchev–Trinajstić information content (AvgIpc) is 3.36. The Morgan fingerprint density at radius 2 is 1.70 bits per heavy atom. The van der Waals surface area contributed by atoms with Crippen LogP contribution in [-0.4, -0.2) is 75.3 Å². The quantitative estimate of drug-likeness (QED) is 0.142. The second kappa shape index (κ2) is 13.9. The van der Waals surface area contributed by atoms with Crippen molar-refractivity contribution in [3.63, 3.8) is 0 Å². The number of allylic oxidation sites excluding steroid dienone is 1. The molecule has 1 amide bonds. The number of hydrogen-bond donors (Lipinski definition) is 6. The maximum absolute atomic E-state index is 13.5. The van der Waals surface area contributed by atoms with Gasteiger partial charge in [0.15, 0.2) is 12.4 Å². The van der Waals surface area contributed by atoms with Crippen molar-refractivity contribution in [2.24, 2.45) is 28.6 Å². The van der Waals surface area contributed by atoms with Crippen LogP contribution in [0.25, 0.3) is 10.8 Å². The monoisotopic (exact) mass is 692 g/mol. The number of esters is 1. The number of aliphatic hydroxyl groups is 2. The highest BCUT2D eigenvalue weighted by atomic mass is 16.5. The summed E-state index contributed by atoms with van der Waals surface area (Å²) in [7, 11) is 0. The Morgan fingerprint density at radius 1 is 0.960 bits per heavy atom. The van der Waals surface area contributed by atoms with Crippen molar-refractivity contribution < 1.29 is 34.1 Å². The number of benzene rings is 1. The zero-order valence-corrected chi connectivity index (χ0v) is 28.8. The zero-order valence-electron chi connectivity index (χ0n) is 28.8. The molecule has 3 saturated carbocycles. The molecule has 0 unspecified atom stereocenters. The lowest BCUT2D eigenvalue weighted by Crippen LogP contribution is -2.62. The lowest BCUT2D eigenvalue weighted by molar-refractivity contribution is -0.184. The molecule has 6 N–H and O–H groups in total. The Labute approximate surface area is 289 Å². The van der Waals surface area contributed by atoms with Gasteiger partial charge in [0.05, 0.1) is 23.3 Å². The molecule has 1 aromatic carbocycles. The molecule has 13 nitrogen and oxygen atoms in total. The van der Waals surface area contributed by atoms with E-state index in [1.165, 1.54) is 0 Å². The number of nitrogens with one attached hydrogen (secondary N) is 4. The van der Waals surface area contributed by atoms with Crippen molar-refractivity contribution in [1.82, 2.24) is 15.5 Å². The molecule has 7 atom stereocenters. The highest BCUT2D eigenvalue weighted by Crippen LogP contribution is 2.67. The number of ketones is 2. The highest BCUT2D eigenvalue weighted by molar-refractivity contribution is 5.92. The third kappa shape index (κ3) is 6.45. The van der Waals surface area contributed by atoms with Crippen LogP contribution in [0.4, 0.5) is 5.69 Å². The predicted octanol–water partition coefficient (Wildman–Crippen LogP) is 2.65. The van der Waals surface area contributed by atoms with Crippen LogP contribution in [0.15, 0.2) is 39.4 Å². The molecule has 270 valence electrons. The van der Waals surface area contributed by atoms with Crippen LogP contribution in [-0.2, 0) is 23.9 Å². The number of aliphatic hydroxyl groups excluding tert-OH is 1. The third-order valence-electron chi connectivity index (χ3n) is 12.5. The molecule has 1 aromatic heterocycles. The highest BCUT2D eigenvalue weighted by Gasteiger charge is 2.68. The molecule has 2 aromatic rings. The summed E-state index contributed by atoms with van der Waals surface area (Å²) in [6.07, 6.45) is 6.00. The molecule has 4 aliphatic rings. The second-order valence-electron chi connectivity index (χ2n) is 15.2. The Bertz CT molecular complexity index is 1830. The van der Waals surface area contributed by atoms with E-state index in [0.29, 0.717) is 61.7 Å². The van der Waals surface area contributed by atoms with Gasteiger partial charge in [-0.2, -0.15) is 0 Å². The van der Waals surface area contributed by atoms with E-state index in [4.69, 9.17) is 4.74 Å². The number of aromatic nitrogens is 2. The molecule has 1 heterocycles. The van der Waals surface area contributed by atoms with Gasteiger partial charge in [0, 0.05) is 37.0 Å². The smallest absolute Gasteiger partial charge is 0.306 e. The van der Waals surface area contributed by atoms with Gasteiger partial charge in [-0.05, 0) is 98.8 Å². The van der Waals surface area contributed by atoms with Gasteiger partial charge >= 0.3 is 5.97 Å². The fourth-order valence-electron chi connectivity index (χ4n) is 9.79. The van der Waals surface area contributed by atoms with Crippen molar-refractivity contribution in [3.05, 3.63) is 50.6 Å². The van der Waals surface area contributed by atoms with Crippen molar-refractivity contribution >= 4 is 39.9 Å². The van der Waals surface area contributed by atoms with Gasteiger partial charge in [-0.15, -0.1) is 0 Å². The number of carbonyl (C=O) groups excluding carboxylic acids is 4. The van der Waals surface area contributed by atoms with E-state index in [2.05, 4.69) is 27.8 Å². The first-order chi connectivity index (χ1) is 23.8. The minimum atomic E-state index is -1.74. The van der Waals surface area contributed by atoms with Crippen molar-refractivity contribution in [2.75, 3.05) is 25.0 Å². The maximum atomic E-state index is 13.5. The molecular formula is C37H48N4O9. The molecule has 6 rings (SSSR count). The summed E-state index contributed by atoms with van der Waals surface area (Å²) in [6.45, 7) is 4.43. The number of aromatic amines is 2. The number of ether oxygens (including phenoxy) is 1. The summed E-state index contributed by atoms with van der Waals surface area (Å²) in [6, 6.07) is 4.92. The van der Waals surface area contributed by atoms with Crippen molar-refractivity contribution in [1.29, 1.82) is 0 Å². The summed E-state index contributed by atoms with van der Waals surface area (Å²) in [5, 5.41) is 34.6. The molecule has 0 saturated heterocycles. The summed E-state index contributed by atoms with van der Waals surface area (Å²) >= 11 is 0. The van der Waals surface area contributed by atoms with Crippen molar-refractivity contribution in [2.45, 2.75) is 96.2 Å². The molecule has 13 heteroatoms. The number of amides is 1. The Balaban J connectivity index is 0.917. The van der Waals surface area contributed by atoms with Crippen molar-refractivity contribution in [3.8, 4) is 0 Å². The SMILES string of the molecule is C[C@]12CCC(=O)C=C1CC[C@@H]1[C@@H]2[C@@H](O)C[C@@]2(C)[C@H]1CC[C@]2(O)C(=O)COC(=O)CCC(=O)NCCCCNc1ccc2c(=O)[nH][nH]c(=O)c2c1. The average molecular weight is 693 g/mol. The number of rotatable bonds is 12. The molecule has 50 heavy (non-hydrogen) atoms. The van der Waals surface area contributed by atoms with E-state index >= 15 is 0 Å². The third-order valence-corrected chi connectivity index (χ3v) is 12.5. The van der Waals surface area contributed by atoms with E-state index in [1.807, 2.05) is 6.92 Å². The van der Waals surface area contributed by atoms with Crippen LogP contribution in [0.3, 0.4) is 0 Å². The molecule has 3 fully saturated rings. The van der Waals surface area contributed by atoms with Crippen LogP contribution < -0.4 is 21.8 Å². The number of hydrogen-bond acceptors (Lipinski definition) is 10. The molecule has 0 radical (unpaired) electrons. The number of carbonyl (C=O) groups is 4. The van der Waals surface area contributed by atoms with Crippen LogP contribution in [0.5, 0.6) is 0 Å². The largest absolute Gasteiger partial charge is 0.458 e. The lowest BCUT2D eigenvalue weighted by Gasteiger charge is -2.60. The number of H-pyrrole nitrogens is 2. The molecule has 0 aliphatic heterocycles. The van der Waals surface area contributed by atoms with E-state index in [9.17, 15) is 39.0 Å². The van der Waals surface area contributed by atoms with Gasteiger partial charge in [-0.3, -0.25) is 39.0 Å². The van der Waals surface area contributed by atoms with E-state index < -0.39 is 35.5 Å². The molecular weight excluding hydrogens is 644 g/mol. The van der Waals surface area contributed by atoms with Gasteiger partial charge < -0.3 is 25.6 Å². The van der Waals surface area contributed by atoms with E-state index in [1.54, 1.807) is 24.3 Å². The number of unbranched alkanes of at least 4 members (excludes halogenated alkanes) is 1. The standard InChI is InChI=1S/C37H48N4O9/c1-35-13-11-23(42)17-21(35)5-7-25-27-12-14-37(49,36(27,2)19-28(43)32(25)35)29(44)20-50-31(46)10-9-30(45)39-16-4-3-15-38-22-6-8-24-26(18-22)34(48)41-40-33(24)47/h6,8,17-18,25,27-28,32,38,43,49H,3-5,7,9-16,19-20H2,1-2H3,(H,39,45)(H,40,47)(H,41,48)/t25-,27-,28-,32+,35-,36-,37-/m0/s1. The van der Waals surface area contributed by atoms with Gasteiger partial charge in [-0.25, -0.2) is 0 Å². The fraction of sp³-hybridized carbons (Fsp3) is 0.622. The molecule has 0 bridgehead atoms. The first-order valence-electron chi connectivity index (χ1n) is 17.9. The van der Waals surface area contributed by atoms with Crippen LogP contribution >= 0.6 is 0 Å². The summed E-state index contributed by atoms with van der Waals surface area (Å²) in [5.41, 5.74) is -1.82. The van der Waals surface area contributed by atoms with Crippen LogP contribution in [0, 0.1) is 28.6 Å². The second-order valence-corrected chi connectivity index (χ2v) is 15.2. The van der Waals surface area contributed by atoms with Crippen LogP contribution in [0.1, 0.15) is 84.5 Å². The first kappa shape index (κ1) is 35.7. The Hall–Kier alpha value is -4.10. The number of anilines is 1. The van der Waals surface area contributed by atoms with E-state index in [0.717, 1.165) is 18.4 Å². The maximum Gasteiger partial charge on any atom is 0.306 e. The van der Waals surface area contributed by atoms with E-state index in [-0.39, 0.29) is 71.7 Å². The minimum Gasteiger partial charge on any atom is -0.458 e. The minimum absolute atomic E-state index is 0.0209. The zero-order chi connectivity index (χ0) is 35.8. The summed E-state index contributed by atoms with van der Waals surface area (Å²) < 4.78 is 5.25. The van der Waals surface area contributed by atoms with Crippen LogP contribution in [0.2, 0.25) is 0 Å². The normalized spacial score (nSPS) is 31.6. The van der Waals surface area contributed by atoms with Gasteiger partial charge in [-0.1, -0.05) is 19.4 Å². The summed E-state index contributed by atoms with van der Waals surface area (Å²) in [5.74, 6) is -1.36. The Kier molecular flexibility index (Phi) is 9.93.